The Hall–Kier alpha value is -10.5. The molecule has 0 fully saturated rings. The molecule has 16 aromatic rings. The second-order valence-electron chi connectivity index (χ2n) is 26.6. The highest BCUT2D eigenvalue weighted by Gasteiger charge is 2.11. The van der Waals surface area contributed by atoms with E-state index >= 15 is 0 Å². The molecule has 616 valence electrons. The zero-order valence-electron chi connectivity index (χ0n) is 78.5. The molecule has 0 aliphatic carbocycles. The summed E-state index contributed by atoms with van der Waals surface area (Å²) in [4.78, 5) is 25.5. The Morgan fingerprint density at radius 1 is 0.246 bits per heavy atom. The third-order valence-corrected chi connectivity index (χ3v) is 19.8. The van der Waals surface area contributed by atoms with Crippen molar-refractivity contribution in [2.24, 2.45) is 28.2 Å². The molecule has 0 radical (unpaired) electrons. The van der Waals surface area contributed by atoms with Crippen LogP contribution in [0.15, 0.2) is 171 Å². The van der Waals surface area contributed by atoms with E-state index in [0.29, 0.717) is 0 Å². The van der Waals surface area contributed by atoms with Gasteiger partial charge in [0.1, 0.15) is 5.82 Å². The Kier molecular flexibility index (Phi) is 45.7. The van der Waals surface area contributed by atoms with Crippen LogP contribution < -0.4 is 0 Å². The van der Waals surface area contributed by atoms with Crippen molar-refractivity contribution >= 4 is 75.8 Å². The third-order valence-electron chi connectivity index (χ3n) is 19.8. The minimum atomic E-state index is 1.05. The molecule has 0 aliphatic heterocycles. The summed E-state index contributed by atoms with van der Waals surface area (Å²) in [5.74, 6) is 1.05. The minimum absolute atomic E-state index is 1.05. The lowest BCUT2D eigenvalue weighted by Gasteiger charge is -2.07. The zero-order chi connectivity index (χ0) is 87.1. The molecule has 12 heteroatoms. The van der Waals surface area contributed by atoms with Crippen molar-refractivity contribution in [1.82, 2.24) is 57.0 Å². The molecule has 0 amide bonds. The van der Waals surface area contributed by atoms with E-state index in [0.717, 1.165) is 22.7 Å². The molecule has 0 saturated heterocycles. The highest BCUT2D eigenvalue weighted by molar-refractivity contribution is 5.92. The van der Waals surface area contributed by atoms with Crippen molar-refractivity contribution < 1.29 is 0 Å². The van der Waals surface area contributed by atoms with E-state index in [9.17, 15) is 0 Å². The first-order valence-corrected chi connectivity index (χ1v) is 41.8. The number of hydrogen-bond acceptors (Lipinski definition) is 6. The normalized spacial score (nSPS) is 9.75. The Morgan fingerprint density at radius 2 is 0.667 bits per heavy atom. The second kappa shape index (κ2) is 51.3. The van der Waals surface area contributed by atoms with E-state index in [2.05, 4.69) is 332 Å². The highest BCUT2D eigenvalue weighted by Crippen LogP contribution is 2.28. The van der Waals surface area contributed by atoms with Crippen LogP contribution in [0.3, 0.4) is 0 Å². The standard InChI is InChI=1S/C13H14.C12H13N.C11H13N.5C10H12N2.8C2H6/c1-9-7-8-12-6-4-5-10(2)13(12)11(9)3;1-8-5-4-6-11-7-13-10(3)9(2)12(8)11;1-8-5-4-6-10-7-12(3)9(2)11(8)10;1-7-4-11-5-9-6-12(3)8(2)10(7)9;1-7-4-10-6-11-5-8(2)12(10)9(7)3;1-7-10-8(2)12(3)6-9(10)4-5-11-7;1-7-6-10-4-5-11-9(3)12(10)8(7)2;1-7-4-5-11-9-6-12(3)8(2)10(7)9;8*1-2/h4-8H,1-3H3;4-7H,1-3H3;4-7H,1-3H3;5*4-6H,1-3H3;8*1-2H3. The molecule has 0 bridgehead atoms. The number of aromatic nitrogens is 12. The Morgan fingerprint density at radius 3 is 1.18 bits per heavy atom. The van der Waals surface area contributed by atoms with Crippen molar-refractivity contribution in [2.45, 2.75) is 249 Å². The average molecular weight is 1540 g/mol. The van der Waals surface area contributed by atoms with Gasteiger partial charge < -0.3 is 27.1 Å². The van der Waals surface area contributed by atoms with Gasteiger partial charge in [0.05, 0.1) is 17.2 Å². The minimum Gasteiger partial charge on any atom is -0.353 e. The number of hydrogen-bond donors (Lipinski definition) is 0. The summed E-state index contributed by atoms with van der Waals surface area (Å²) < 4.78 is 13.0. The molecule has 0 N–H and O–H groups in total. The van der Waals surface area contributed by atoms with Crippen LogP contribution in [0.5, 0.6) is 0 Å². The predicted molar refractivity (Wildman–Crippen MR) is 507 cm³/mol. The number of fused-ring (bicyclic) bond motifs is 8. The van der Waals surface area contributed by atoms with Crippen LogP contribution in [0, 0.1) is 138 Å². The van der Waals surface area contributed by atoms with Crippen molar-refractivity contribution in [2.75, 3.05) is 0 Å². The van der Waals surface area contributed by atoms with E-state index < -0.39 is 0 Å². The molecule has 12 nitrogen and oxygen atoms in total. The van der Waals surface area contributed by atoms with Gasteiger partial charge in [-0.3, -0.25) is 24.9 Å². The van der Waals surface area contributed by atoms with E-state index in [1.54, 1.807) is 0 Å². The molecule has 0 saturated carbocycles. The van der Waals surface area contributed by atoms with Crippen molar-refractivity contribution in [3.05, 3.63) is 284 Å². The monoisotopic (exact) mass is 1540 g/mol. The maximum atomic E-state index is 4.35. The summed E-state index contributed by atoms with van der Waals surface area (Å²) in [7, 11) is 8.27. The van der Waals surface area contributed by atoms with Crippen molar-refractivity contribution in [3.63, 3.8) is 0 Å². The summed E-state index contributed by atoms with van der Waals surface area (Å²) in [6, 6.07) is 34.1. The molecule has 12 aromatic heterocycles. The fraction of sp³-hybridized carbons (Fsp3) is 0.392. The Balaban J connectivity index is 0.000000635. The van der Waals surface area contributed by atoms with E-state index in [1.165, 1.54) is 166 Å². The summed E-state index contributed by atoms with van der Waals surface area (Å²) in [5, 5.41) is 14.5. The van der Waals surface area contributed by atoms with E-state index in [-0.39, 0.29) is 0 Å². The summed E-state index contributed by atoms with van der Waals surface area (Å²) in [5.41, 5.74) is 28.2. The van der Waals surface area contributed by atoms with Gasteiger partial charge in [-0.15, -0.1) is 0 Å². The number of benzene rings is 4. The van der Waals surface area contributed by atoms with Crippen LogP contribution in [0.1, 0.15) is 223 Å². The van der Waals surface area contributed by atoms with Crippen LogP contribution in [0.4, 0.5) is 0 Å². The predicted octanol–water partition coefficient (Wildman–Crippen LogP) is 29.0. The molecular weight excluding hydrogens is 1390 g/mol. The zero-order valence-corrected chi connectivity index (χ0v) is 78.5. The first-order chi connectivity index (χ1) is 54.6. The SMILES string of the molecule is CC.CC.CC.CC.CC.CC.CC.CC.Cc1cc2ccnc(C)n2c1C.Cc1cc2cncc(C)n2c1C.Cc1ccc2cccc(C)c2c1C.Cc1cccc2cn(C)c(C)c12.Cc1ccnc2cn(C)c(C)c12.Cc1cncc2cn(C)c(C)c12.Cc1ncc2cccc(C)c2c1C.Cc1nccc2cn(C)c(C)c12. The molecule has 0 unspecified atom stereocenters. The van der Waals surface area contributed by atoms with E-state index in [1.807, 2.05) is 173 Å². The molecule has 0 atom stereocenters. The Labute approximate surface area is 690 Å². The lowest BCUT2D eigenvalue weighted by atomic mass is 9.97. The first-order valence-electron chi connectivity index (χ1n) is 41.8. The lowest BCUT2D eigenvalue weighted by Crippen LogP contribution is -1.95. The molecule has 16 rings (SSSR count). The molecular formula is C102H148N12. The van der Waals surface area contributed by atoms with Crippen LogP contribution in [-0.2, 0) is 28.2 Å². The van der Waals surface area contributed by atoms with Gasteiger partial charge in [0.2, 0.25) is 0 Å². The molecule has 12 heterocycles. The van der Waals surface area contributed by atoms with Gasteiger partial charge in [-0.1, -0.05) is 178 Å². The maximum absolute atomic E-state index is 4.35. The topological polar surface area (TPSA) is 106 Å². The Bertz CT molecular complexity index is 4780. The largest absolute Gasteiger partial charge is 0.353 e. The fourth-order valence-corrected chi connectivity index (χ4v) is 13.5. The summed E-state index contributed by atoms with van der Waals surface area (Å²) in [6.07, 6.45) is 23.6. The van der Waals surface area contributed by atoms with Gasteiger partial charge in [0.15, 0.2) is 0 Å². The van der Waals surface area contributed by atoms with Gasteiger partial charge in [-0.25, -0.2) is 4.98 Å². The number of aryl methyl sites for hydroxylation is 24. The first kappa shape index (κ1) is 102. The van der Waals surface area contributed by atoms with Crippen molar-refractivity contribution in [3.8, 4) is 0 Å². The molecule has 4 aromatic carbocycles. The number of rotatable bonds is 0. The van der Waals surface area contributed by atoms with Gasteiger partial charge in [0.25, 0.3) is 0 Å². The van der Waals surface area contributed by atoms with Crippen LogP contribution >= 0.6 is 0 Å². The molecule has 114 heavy (non-hydrogen) atoms. The van der Waals surface area contributed by atoms with E-state index in [4.69, 9.17) is 0 Å². The number of pyridine rings is 4. The second-order valence-corrected chi connectivity index (χ2v) is 26.6. The van der Waals surface area contributed by atoms with Crippen LogP contribution in [0.25, 0.3) is 75.8 Å². The third kappa shape index (κ3) is 25.8. The highest BCUT2D eigenvalue weighted by atomic mass is 15.0. The maximum Gasteiger partial charge on any atom is 0.110 e. The molecule has 0 aliphatic rings. The van der Waals surface area contributed by atoms with Gasteiger partial charge in [-0.05, 0) is 246 Å². The summed E-state index contributed by atoms with van der Waals surface area (Å²) >= 11 is 0. The molecule has 0 spiro atoms. The smallest absolute Gasteiger partial charge is 0.110 e. The van der Waals surface area contributed by atoms with Gasteiger partial charge in [-0.2, -0.15) is 0 Å². The average Bonchev–Trinajstić information content (AvgIpc) is 1.73. The lowest BCUT2D eigenvalue weighted by molar-refractivity contribution is 0.888. The van der Waals surface area contributed by atoms with Crippen LogP contribution in [-0.4, -0.2) is 57.0 Å². The number of nitrogens with zero attached hydrogens (tertiary/aromatic N) is 12. The fourth-order valence-electron chi connectivity index (χ4n) is 13.5. The summed E-state index contributed by atoms with van der Waals surface area (Å²) in [6.45, 7) is 74.5. The quantitative estimate of drug-likeness (QED) is 0.150. The van der Waals surface area contributed by atoms with Gasteiger partial charge in [0, 0.05) is 191 Å². The van der Waals surface area contributed by atoms with Crippen LogP contribution in [0.2, 0.25) is 0 Å². The van der Waals surface area contributed by atoms with Crippen molar-refractivity contribution in [1.29, 1.82) is 0 Å². The van der Waals surface area contributed by atoms with Gasteiger partial charge >= 0.3 is 0 Å².